The molecule has 3 heteroatoms. The first kappa shape index (κ1) is 14.4. The van der Waals surface area contributed by atoms with Gasteiger partial charge in [0.1, 0.15) is 5.75 Å². The van der Waals surface area contributed by atoms with Crippen LogP contribution in [0.25, 0.3) is 0 Å². The Balaban J connectivity index is 2.20. The van der Waals surface area contributed by atoms with Gasteiger partial charge in [-0.2, -0.15) is 0 Å². The minimum absolute atomic E-state index is 0.205. The van der Waals surface area contributed by atoms with Gasteiger partial charge in [0.2, 0.25) is 0 Å². The quantitative estimate of drug-likeness (QED) is 0.783. The zero-order valence-electron chi connectivity index (χ0n) is 11.5. The van der Waals surface area contributed by atoms with E-state index in [1.165, 1.54) is 0 Å². The molecule has 3 atom stereocenters. The Morgan fingerprint density at radius 2 is 2.05 bits per heavy atom. The molecule has 0 aliphatic heterocycles. The SMILES string of the molecule is Cc1ccc([C@@H]2C[C@H](O)CC[C@H]2CCCO)c(O)c1. The molecule has 19 heavy (non-hydrogen) atoms. The number of aromatic hydroxyl groups is 1. The third-order valence-electron chi connectivity index (χ3n) is 4.28. The van der Waals surface area contributed by atoms with Crippen molar-refractivity contribution >= 4 is 0 Å². The number of aliphatic hydroxyl groups excluding tert-OH is 2. The number of hydrogen-bond acceptors (Lipinski definition) is 3. The zero-order valence-corrected chi connectivity index (χ0v) is 11.5. The summed E-state index contributed by atoms with van der Waals surface area (Å²) in [4.78, 5) is 0. The highest BCUT2D eigenvalue weighted by Crippen LogP contribution is 2.43. The fourth-order valence-corrected chi connectivity index (χ4v) is 3.26. The summed E-state index contributed by atoms with van der Waals surface area (Å²) in [5.41, 5.74) is 2.00. The van der Waals surface area contributed by atoms with Gasteiger partial charge in [0.25, 0.3) is 0 Å². The minimum atomic E-state index is -0.268. The van der Waals surface area contributed by atoms with Crippen molar-refractivity contribution in [2.24, 2.45) is 5.92 Å². The van der Waals surface area contributed by atoms with Gasteiger partial charge in [-0.1, -0.05) is 12.1 Å². The van der Waals surface area contributed by atoms with Gasteiger partial charge in [-0.25, -0.2) is 0 Å². The van der Waals surface area contributed by atoms with Gasteiger partial charge in [0, 0.05) is 6.61 Å². The van der Waals surface area contributed by atoms with Gasteiger partial charge in [0.15, 0.2) is 0 Å². The molecule has 1 aliphatic carbocycles. The van der Waals surface area contributed by atoms with Crippen LogP contribution >= 0.6 is 0 Å². The molecular formula is C16H24O3. The molecule has 2 rings (SSSR count). The van der Waals surface area contributed by atoms with Gasteiger partial charge >= 0.3 is 0 Å². The molecule has 1 saturated carbocycles. The Bertz CT molecular complexity index is 414. The lowest BCUT2D eigenvalue weighted by Gasteiger charge is -2.35. The molecule has 3 N–H and O–H groups in total. The topological polar surface area (TPSA) is 60.7 Å². The lowest BCUT2D eigenvalue weighted by Crippen LogP contribution is -2.26. The van der Waals surface area contributed by atoms with Crippen LogP contribution in [0.4, 0.5) is 0 Å². The average Bonchev–Trinajstić information content (AvgIpc) is 2.37. The van der Waals surface area contributed by atoms with Gasteiger partial charge in [0.05, 0.1) is 6.10 Å². The highest BCUT2D eigenvalue weighted by atomic mass is 16.3. The molecule has 0 spiro atoms. The van der Waals surface area contributed by atoms with Crippen LogP contribution in [-0.4, -0.2) is 28.0 Å². The summed E-state index contributed by atoms with van der Waals surface area (Å²) in [6.07, 6.45) is 4.01. The van der Waals surface area contributed by atoms with E-state index in [4.69, 9.17) is 5.11 Å². The second kappa shape index (κ2) is 6.40. The van der Waals surface area contributed by atoms with Crippen LogP contribution in [-0.2, 0) is 0 Å². The molecule has 1 aromatic rings. The Hall–Kier alpha value is -1.06. The van der Waals surface area contributed by atoms with Gasteiger partial charge in [-0.3, -0.25) is 0 Å². The normalized spacial score (nSPS) is 27.4. The first-order chi connectivity index (χ1) is 9.11. The van der Waals surface area contributed by atoms with Crippen molar-refractivity contribution in [3.63, 3.8) is 0 Å². The van der Waals surface area contributed by atoms with Crippen molar-refractivity contribution in [2.45, 2.75) is 51.0 Å². The van der Waals surface area contributed by atoms with Gasteiger partial charge in [-0.15, -0.1) is 0 Å². The lowest BCUT2D eigenvalue weighted by atomic mass is 9.72. The summed E-state index contributed by atoms with van der Waals surface area (Å²) in [5, 5.41) is 29.0. The number of rotatable bonds is 4. The lowest BCUT2D eigenvalue weighted by molar-refractivity contribution is 0.0879. The van der Waals surface area contributed by atoms with E-state index in [9.17, 15) is 10.2 Å². The van der Waals surface area contributed by atoms with E-state index in [1.807, 2.05) is 19.1 Å². The fraction of sp³-hybridized carbons (Fsp3) is 0.625. The maximum Gasteiger partial charge on any atom is 0.119 e. The van der Waals surface area contributed by atoms with E-state index in [0.29, 0.717) is 18.1 Å². The van der Waals surface area contributed by atoms with E-state index in [-0.39, 0.29) is 18.6 Å². The van der Waals surface area contributed by atoms with E-state index in [2.05, 4.69) is 0 Å². The molecule has 0 unspecified atom stereocenters. The standard InChI is InChI=1S/C16H24O3/c1-11-4-7-14(16(19)9-11)15-10-13(18)6-5-12(15)3-2-8-17/h4,7,9,12-13,15,17-19H,2-3,5-6,8,10H2,1H3/t12-,13-,15-/m1/s1. The zero-order chi connectivity index (χ0) is 13.8. The number of hydrogen-bond donors (Lipinski definition) is 3. The number of aryl methyl sites for hydroxylation is 1. The molecule has 0 aromatic heterocycles. The molecule has 1 aliphatic rings. The fourth-order valence-electron chi connectivity index (χ4n) is 3.26. The monoisotopic (exact) mass is 264 g/mol. The summed E-state index contributed by atoms with van der Waals surface area (Å²) in [7, 11) is 0. The number of benzene rings is 1. The maximum atomic E-state index is 10.1. The smallest absolute Gasteiger partial charge is 0.119 e. The molecule has 1 fully saturated rings. The van der Waals surface area contributed by atoms with Crippen LogP contribution in [0.15, 0.2) is 18.2 Å². The van der Waals surface area contributed by atoms with Gasteiger partial charge in [-0.05, 0) is 68.1 Å². The Labute approximate surface area is 114 Å². The molecule has 106 valence electrons. The van der Waals surface area contributed by atoms with Gasteiger partial charge < -0.3 is 15.3 Å². The molecule has 0 heterocycles. The van der Waals surface area contributed by atoms with Crippen LogP contribution in [0.1, 0.15) is 49.1 Å². The largest absolute Gasteiger partial charge is 0.508 e. The van der Waals surface area contributed by atoms with Crippen molar-refractivity contribution in [2.75, 3.05) is 6.61 Å². The molecule has 3 nitrogen and oxygen atoms in total. The summed E-state index contributed by atoms with van der Waals surface area (Å²) in [6, 6.07) is 5.79. The third-order valence-corrected chi connectivity index (χ3v) is 4.28. The first-order valence-electron chi connectivity index (χ1n) is 7.20. The molecule has 0 saturated heterocycles. The predicted octanol–water partition coefficient (Wildman–Crippen LogP) is 2.72. The van der Waals surface area contributed by atoms with E-state index >= 15 is 0 Å². The maximum absolute atomic E-state index is 10.1. The van der Waals surface area contributed by atoms with Crippen molar-refractivity contribution in [3.8, 4) is 5.75 Å². The first-order valence-corrected chi connectivity index (χ1v) is 7.20. The van der Waals surface area contributed by atoms with Crippen molar-refractivity contribution < 1.29 is 15.3 Å². The Morgan fingerprint density at radius 3 is 2.74 bits per heavy atom. The number of phenolic OH excluding ortho intramolecular Hbond substituents is 1. The average molecular weight is 264 g/mol. The molecular weight excluding hydrogens is 240 g/mol. The summed E-state index contributed by atoms with van der Waals surface area (Å²) in [6.45, 7) is 2.17. The summed E-state index contributed by atoms with van der Waals surface area (Å²) < 4.78 is 0. The number of phenols is 1. The van der Waals surface area contributed by atoms with Crippen LogP contribution in [0.2, 0.25) is 0 Å². The molecule has 0 bridgehead atoms. The predicted molar refractivity (Wildman–Crippen MR) is 75.3 cm³/mol. The summed E-state index contributed by atoms with van der Waals surface area (Å²) in [5.74, 6) is 0.994. The second-order valence-electron chi connectivity index (χ2n) is 5.76. The molecule has 0 amide bonds. The van der Waals surface area contributed by atoms with E-state index < -0.39 is 0 Å². The van der Waals surface area contributed by atoms with Crippen LogP contribution in [0.3, 0.4) is 0 Å². The van der Waals surface area contributed by atoms with E-state index in [1.54, 1.807) is 6.07 Å². The van der Waals surface area contributed by atoms with Crippen LogP contribution in [0.5, 0.6) is 5.75 Å². The number of aliphatic hydroxyl groups is 2. The van der Waals surface area contributed by atoms with E-state index in [0.717, 1.165) is 36.8 Å². The van der Waals surface area contributed by atoms with Crippen LogP contribution < -0.4 is 0 Å². The summed E-state index contributed by atoms with van der Waals surface area (Å²) >= 11 is 0. The third kappa shape index (κ3) is 3.48. The molecule has 1 aromatic carbocycles. The van der Waals surface area contributed by atoms with Crippen molar-refractivity contribution in [1.29, 1.82) is 0 Å². The Morgan fingerprint density at radius 1 is 1.26 bits per heavy atom. The highest BCUT2D eigenvalue weighted by Gasteiger charge is 2.31. The van der Waals surface area contributed by atoms with Crippen molar-refractivity contribution in [1.82, 2.24) is 0 Å². The molecule has 0 radical (unpaired) electrons. The minimum Gasteiger partial charge on any atom is -0.508 e. The Kier molecular flexibility index (Phi) is 4.83. The van der Waals surface area contributed by atoms with Crippen molar-refractivity contribution in [3.05, 3.63) is 29.3 Å². The van der Waals surface area contributed by atoms with Crippen LogP contribution in [0, 0.1) is 12.8 Å². The second-order valence-corrected chi connectivity index (χ2v) is 5.76. The highest BCUT2D eigenvalue weighted by molar-refractivity contribution is 5.39.